The molecule has 0 spiro atoms. The summed E-state index contributed by atoms with van der Waals surface area (Å²) in [4.78, 5) is 37.5. The number of carbonyl (C=O) groups is 3. The molecule has 3 amide bonds. The largest absolute Gasteiger partial charge is 0.346 e. The maximum Gasteiger partial charge on any atom is 0.243 e. The van der Waals surface area contributed by atoms with Crippen molar-refractivity contribution in [2.24, 2.45) is 0 Å². The van der Waals surface area contributed by atoms with Crippen molar-refractivity contribution in [3.05, 3.63) is 59.9 Å². The van der Waals surface area contributed by atoms with Crippen molar-refractivity contribution in [1.29, 1.82) is 0 Å². The number of nitrogens with one attached hydrogen (secondary N) is 3. The number of hydrogen-bond donors (Lipinski definition) is 3. The van der Waals surface area contributed by atoms with E-state index in [-0.39, 0.29) is 37.4 Å². The molecule has 3 N–H and O–H groups in total. The van der Waals surface area contributed by atoms with E-state index in [4.69, 9.17) is 0 Å². The van der Waals surface area contributed by atoms with Gasteiger partial charge < -0.3 is 16.0 Å². The van der Waals surface area contributed by atoms with Crippen molar-refractivity contribution in [3.63, 3.8) is 0 Å². The van der Waals surface area contributed by atoms with Crippen LogP contribution in [-0.4, -0.2) is 49.3 Å². The molecule has 0 aliphatic rings. The van der Waals surface area contributed by atoms with Gasteiger partial charge in [0.15, 0.2) is 0 Å². The molecular weight excluding hydrogens is 375 g/mol. The number of amides is 3. The number of halogens is 1. The van der Waals surface area contributed by atoms with Gasteiger partial charge in [0.1, 0.15) is 5.82 Å². The molecule has 0 saturated heterocycles. The zero-order valence-electron chi connectivity index (χ0n) is 16.5. The number of hydrogen-bond acceptors (Lipinski definition) is 4. The molecule has 0 radical (unpaired) electrons. The monoisotopic (exact) mass is 400 g/mol. The lowest BCUT2D eigenvalue weighted by Crippen LogP contribution is -2.41. The van der Waals surface area contributed by atoms with Crippen molar-refractivity contribution >= 4 is 29.1 Å². The van der Waals surface area contributed by atoms with E-state index >= 15 is 0 Å². The topological polar surface area (TPSA) is 90.5 Å². The van der Waals surface area contributed by atoms with E-state index in [2.05, 4.69) is 16.0 Å². The SMILES string of the molecule is CCc1ccccc1NC(=O)CNC(=O)CN(C)CC(=O)Nc1cccc(F)c1. The van der Waals surface area contributed by atoms with E-state index in [9.17, 15) is 18.8 Å². The molecule has 0 fully saturated rings. The first-order chi connectivity index (χ1) is 13.9. The van der Waals surface area contributed by atoms with Crippen LogP contribution in [-0.2, 0) is 20.8 Å². The van der Waals surface area contributed by atoms with Crippen molar-refractivity contribution < 1.29 is 18.8 Å². The fourth-order valence-electron chi connectivity index (χ4n) is 2.69. The summed E-state index contributed by atoms with van der Waals surface area (Å²) in [5.41, 5.74) is 2.08. The zero-order valence-corrected chi connectivity index (χ0v) is 16.5. The third-order valence-corrected chi connectivity index (χ3v) is 4.05. The van der Waals surface area contributed by atoms with Crippen molar-refractivity contribution in [1.82, 2.24) is 10.2 Å². The number of rotatable bonds is 9. The molecule has 0 saturated carbocycles. The van der Waals surface area contributed by atoms with Gasteiger partial charge in [0.25, 0.3) is 0 Å². The number of aryl methyl sites for hydroxylation is 1. The van der Waals surface area contributed by atoms with Crippen LogP contribution in [0.25, 0.3) is 0 Å². The number of likely N-dealkylation sites (N-methyl/N-ethyl adjacent to an activating group) is 1. The van der Waals surface area contributed by atoms with Gasteiger partial charge in [-0.3, -0.25) is 19.3 Å². The van der Waals surface area contributed by atoms with Crippen molar-refractivity contribution in [2.75, 3.05) is 37.3 Å². The van der Waals surface area contributed by atoms with Crippen LogP contribution in [0.4, 0.5) is 15.8 Å². The van der Waals surface area contributed by atoms with Gasteiger partial charge in [0.2, 0.25) is 17.7 Å². The molecule has 0 unspecified atom stereocenters. The Morgan fingerprint density at radius 3 is 2.38 bits per heavy atom. The fraction of sp³-hybridized carbons (Fsp3) is 0.286. The van der Waals surface area contributed by atoms with Crippen LogP contribution in [0.2, 0.25) is 0 Å². The van der Waals surface area contributed by atoms with Gasteiger partial charge in [-0.25, -0.2) is 4.39 Å². The summed E-state index contributed by atoms with van der Waals surface area (Å²) in [6.07, 6.45) is 0.783. The van der Waals surface area contributed by atoms with Crippen LogP contribution in [0.3, 0.4) is 0 Å². The van der Waals surface area contributed by atoms with Gasteiger partial charge in [-0.15, -0.1) is 0 Å². The van der Waals surface area contributed by atoms with Crippen LogP contribution in [0.1, 0.15) is 12.5 Å². The van der Waals surface area contributed by atoms with E-state index in [1.54, 1.807) is 13.1 Å². The second kappa shape index (κ2) is 10.9. The fourth-order valence-corrected chi connectivity index (χ4v) is 2.69. The Hall–Kier alpha value is -3.26. The number of nitrogens with zero attached hydrogens (tertiary/aromatic N) is 1. The predicted molar refractivity (Wildman–Crippen MR) is 110 cm³/mol. The minimum atomic E-state index is -0.449. The molecule has 7 nitrogen and oxygen atoms in total. The first-order valence-corrected chi connectivity index (χ1v) is 9.25. The lowest BCUT2D eigenvalue weighted by molar-refractivity contribution is -0.125. The maximum atomic E-state index is 13.1. The summed E-state index contributed by atoms with van der Waals surface area (Å²) in [5, 5.41) is 7.86. The van der Waals surface area contributed by atoms with Gasteiger partial charge in [-0.2, -0.15) is 0 Å². The molecule has 8 heteroatoms. The van der Waals surface area contributed by atoms with E-state index in [0.29, 0.717) is 5.69 Å². The lowest BCUT2D eigenvalue weighted by atomic mass is 10.1. The highest BCUT2D eigenvalue weighted by atomic mass is 19.1. The van der Waals surface area contributed by atoms with E-state index < -0.39 is 5.82 Å². The number of benzene rings is 2. The first kappa shape index (κ1) is 22.0. The molecule has 0 heterocycles. The summed E-state index contributed by atoms with van der Waals surface area (Å²) in [5.74, 6) is -1.54. The number of anilines is 2. The van der Waals surface area contributed by atoms with Crippen LogP contribution in [0, 0.1) is 5.82 Å². The second-order valence-electron chi connectivity index (χ2n) is 6.57. The normalized spacial score (nSPS) is 10.5. The average Bonchev–Trinajstić information content (AvgIpc) is 2.66. The Balaban J connectivity index is 1.72. The Bertz CT molecular complexity index is 873. The van der Waals surface area contributed by atoms with Gasteiger partial charge in [0, 0.05) is 11.4 Å². The minimum Gasteiger partial charge on any atom is -0.346 e. The molecular formula is C21H25FN4O3. The lowest BCUT2D eigenvalue weighted by Gasteiger charge is -2.16. The second-order valence-corrected chi connectivity index (χ2v) is 6.57. The van der Waals surface area contributed by atoms with Crippen LogP contribution >= 0.6 is 0 Å². The summed E-state index contributed by atoms with van der Waals surface area (Å²) in [6.45, 7) is 1.71. The molecule has 2 aromatic carbocycles. The smallest absolute Gasteiger partial charge is 0.243 e. The summed E-state index contributed by atoms with van der Waals surface area (Å²) in [6, 6.07) is 13.0. The zero-order chi connectivity index (χ0) is 21.2. The first-order valence-electron chi connectivity index (χ1n) is 9.25. The Morgan fingerprint density at radius 2 is 1.66 bits per heavy atom. The van der Waals surface area contributed by atoms with E-state index in [0.717, 1.165) is 17.7 Å². The molecule has 0 bridgehead atoms. The maximum absolute atomic E-state index is 13.1. The number of carbonyl (C=O) groups excluding carboxylic acids is 3. The molecule has 0 atom stereocenters. The van der Waals surface area contributed by atoms with Crippen molar-refractivity contribution in [3.8, 4) is 0 Å². The Morgan fingerprint density at radius 1 is 0.931 bits per heavy atom. The minimum absolute atomic E-state index is 0.0556. The molecule has 0 aliphatic heterocycles. The molecule has 2 aromatic rings. The molecule has 2 rings (SSSR count). The van der Waals surface area contributed by atoms with E-state index in [1.807, 2.05) is 31.2 Å². The van der Waals surface area contributed by atoms with Crippen LogP contribution in [0.15, 0.2) is 48.5 Å². The molecule has 29 heavy (non-hydrogen) atoms. The quantitative estimate of drug-likeness (QED) is 0.601. The third-order valence-electron chi connectivity index (χ3n) is 4.05. The van der Waals surface area contributed by atoms with Gasteiger partial charge in [-0.1, -0.05) is 31.2 Å². The summed E-state index contributed by atoms with van der Waals surface area (Å²) >= 11 is 0. The molecule has 154 valence electrons. The van der Waals surface area contributed by atoms with Gasteiger partial charge >= 0.3 is 0 Å². The highest BCUT2D eigenvalue weighted by Gasteiger charge is 2.13. The average molecular weight is 400 g/mol. The third kappa shape index (κ3) is 7.71. The highest BCUT2D eigenvalue weighted by molar-refractivity contribution is 5.95. The predicted octanol–water partition coefficient (Wildman–Crippen LogP) is 2.01. The Kier molecular flexibility index (Phi) is 8.29. The van der Waals surface area contributed by atoms with Crippen LogP contribution < -0.4 is 16.0 Å². The van der Waals surface area contributed by atoms with Crippen LogP contribution in [0.5, 0.6) is 0 Å². The summed E-state index contributed by atoms with van der Waals surface area (Å²) in [7, 11) is 1.60. The summed E-state index contributed by atoms with van der Waals surface area (Å²) < 4.78 is 13.1. The van der Waals surface area contributed by atoms with E-state index in [1.165, 1.54) is 23.1 Å². The highest BCUT2D eigenvalue weighted by Crippen LogP contribution is 2.15. The van der Waals surface area contributed by atoms with Gasteiger partial charge in [0.05, 0.1) is 19.6 Å². The molecule has 0 aromatic heterocycles. The molecule has 0 aliphatic carbocycles. The standard InChI is InChI=1S/C21H25FN4O3/c1-3-15-7-4-5-10-18(15)25-19(27)12-23-20(28)13-26(2)14-21(29)24-17-9-6-8-16(22)11-17/h4-11H,3,12-14H2,1-2H3,(H,23,28)(H,24,29)(H,25,27). The van der Waals surface area contributed by atoms with Crippen molar-refractivity contribution in [2.45, 2.75) is 13.3 Å². The Labute approximate surface area is 169 Å². The van der Waals surface area contributed by atoms with Gasteiger partial charge in [-0.05, 0) is 43.3 Å². The number of para-hydroxylation sites is 1.